The summed E-state index contributed by atoms with van der Waals surface area (Å²) in [5, 5.41) is 0. The molecular weight excluding hydrogens is 278 g/mol. The lowest BCUT2D eigenvalue weighted by Crippen LogP contribution is -2.40. The van der Waals surface area contributed by atoms with E-state index in [-0.39, 0.29) is 5.97 Å². The molecule has 0 spiro atoms. The molecule has 1 aliphatic heterocycles. The molecule has 5 heteroatoms. The monoisotopic (exact) mass is 301 g/mol. The summed E-state index contributed by atoms with van der Waals surface area (Å²) >= 11 is 0. The second-order valence-corrected chi connectivity index (χ2v) is 5.89. The number of likely N-dealkylation sites (tertiary alicyclic amines) is 1. The topological polar surface area (TPSA) is 46.8 Å². The molecule has 1 fully saturated rings. The maximum absolute atomic E-state index is 11.6. The number of ether oxygens (including phenoxy) is 1. The Morgan fingerprint density at radius 3 is 3.00 bits per heavy atom. The molecule has 0 saturated carbocycles. The van der Waals surface area contributed by atoms with Crippen molar-refractivity contribution >= 4 is 11.6 Å². The van der Waals surface area contributed by atoms with E-state index in [1.54, 1.807) is 12.3 Å². The Morgan fingerprint density at radius 1 is 1.36 bits per heavy atom. The van der Waals surface area contributed by atoms with Crippen molar-refractivity contribution in [2.24, 2.45) is 0 Å². The molecule has 0 bridgehead atoms. The standard InChI is InChI=1S/C17H23N3O2/c1-3-19-9-5-4-6-15(19)10-14-12-20-11-13(17(21)22-2)7-8-16(20)18-14/h7-8,11-12,15H,3-6,9-10H2,1-2H3. The number of likely N-dealkylation sites (N-methyl/N-ethyl adjacent to an activating group) is 1. The van der Waals surface area contributed by atoms with E-state index in [1.807, 2.05) is 16.7 Å². The van der Waals surface area contributed by atoms with Crippen molar-refractivity contribution in [2.75, 3.05) is 20.2 Å². The van der Waals surface area contributed by atoms with Crippen LogP contribution in [0.25, 0.3) is 5.65 Å². The lowest BCUT2D eigenvalue weighted by molar-refractivity contribution is 0.0600. The zero-order valence-electron chi connectivity index (χ0n) is 13.3. The van der Waals surface area contributed by atoms with E-state index in [0.717, 1.165) is 24.3 Å². The van der Waals surface area contributed by atoms with E-state index in [9.17, 15) is 4.79 Å². The van der Waals surface area contributed by atoms with Crippen molar-refractivity contribution in [3.8, 4) is 0 Å². The summed E-state index contributed by atoms with van der Waals surface area (Å²) in [7, 11) is 1.40. The summed E-state index contributed by atoms with van der Waals surface area (Å²) < 4.78 is 6.68. The van der Waals surface area contributed by atoms with E-state index in [1.165, 1.54) is 32.9 Å². The fourth-order valence-corrected chi connectivity index (χ4v) is 3.33. The molecular formula is C17H23N3O2. The first-order valence-electron chi connectivity index (χ1n) is 8.01. The highest BCUT2D eigenvalue weighted by Gasteiger charge is 2.22. The lowest BCUT2D eigenvalue weighted by atomic mass is 9.98. The van der Waals surface area contributed by atoms with Gasteiger partial charge in [0, 0.05) is 24.9 Å². The Labute approximate surface area is 130 Å². The Kier molecular flexibility index (Phi) is 4.43. The third-order valence-electron chi connectivity index (χ3n) is 4.52. The molecule has 1 aliphatic rings. The van der Waals surface area contributed by atoms with Gasteiger partial charge in [-0.2, -0.15) is 0 Å². The fraction of sp³-hybridized carbons (Fsp3) is 0.529. The minimum absolute atomic E-state index is 0.318. The molecule has 1 unspecified atom stereocenters. The fourth-order valence-electron chi connectivity index (χ4n) is 3.33. The van der Waals surface area contributed by atoms with Gasteiger partial charge in [-0.25, -0.2) is 9.78 Å². The summed E-state index contributed by atoms with van der Waals surface area (Å²) in [6.07, 6.45) is 8.65. The molecule has 118 valence electrons. The molecule has 2 aromatic rings. The Balaban J connectivity index is 1.81. The van der Waals surface area contributed by atoms with Gasteiger partial charge in [0.25, 0.3) is 0 Å². The summed E-state index contributed by atoms with van der Waals surface area (Å²) in [6, 6.07) is 4.22. The minimum atomic E-state index is -0.318. The van der Waals surface area contributed by atoms with E-state index in [4.69, 9.17) is 4.74 Å². The largest absolute Gasteiger partial charge is 0.465 e. The summed E-state index contributed by atoms with van der Waals surface area (Å²) in [6.45, 7) is 4.52. The van der Waals surface area contributed by atoms with Crippen LogP contribution in [0, 0.1) is 0 Å². The van der Waals surface area contributed by atoms with Crippen molar-refractivity contribution < 1.29 is 9.53 Å². The number of pyridine rings is 1. The van der Waals surface area contributed by atoms with E-state index in [2.05, 4.69) is 16.8 Å². The Bertz CT molecular complexity index is 665. The maximum Gasteiger partial charge on any atom is 0.339 e. The molecule has 3 rings (SSSR count). The summed E-state index contributed by atoms with van der Waals surface area (Å²) in [4.78, 5) is 18.8. The lowest BCUT2D eigenvalue weighted by Gasteiger charge is -2.34. The van der Waals surface area contributed by atoms with Crippen molar-refractivity contribution in [3.05, 3.63) is 35.8 Å². The first kappa shape index (κ1) is 15.0. The zero-order chi connectivity index (χ0) is 15.5. The van der Waals surface area contributed by atoms with Crippen LogP contribution in [0.2, 0.25) is 0 Å². The van der Waals surface area contributed by atoms with Crippen molar-refractivity contribution in [1.29, 1.82) is 0 Å². The van der Waals surface area contributed by atoms with Crippen LogP contribution in [0.4, 0.5) is 0 Å². The van der Waals surface area contributed by atoms with Gasteiger partial charge in [-0.1, -0.05) is 13.3 Å². The molecule has 22 heavy (non-hydrogen) atoms. The van der Waals surface area contributed by atoms with Crippen LogP contribution in [0.1, 0.15) is 42.2 Å². The van der Waals surface area contributed by atoms with Gasteiger partial charge in [0.05, 0.1) is 18.4 Å². The van der Waals surface area contributed by atoms with E-state index in [0.29, 0.717) is 11.6 Å². The summed E-state index contributed by atoms with van der Waals surface area (Å²) in [5.74, 6) is -0.318. The highest BCUT2D eigenvalue weighted by molar-refractivity contribution is 5.89. The SMILES string of the molecule is CCN1CCCCC1Cc1cn2cc(C(=O)OC)ccc2n1. The number of aromatic nitrogens is 2. The second kappa shape index (κ2) is 6.48. The first-order chi connectivity index (χ1) is 10.7. The minimum Gasteiger partial charge on any atom is -0.465 e. The van der Waals surface area contributed by atoms with Crippen LogP contribution >= 0.6 is 0 Å². The molecule has 0 N–H and O–H groups in total. The number of carbonyl (C=O) groups is 1. The molecule has 1 saturated heterocycles. The van der Waals surface area contributed by atoms with Crippen molar-refractivity contribution in [1.82, 2.24) is 14.3 Å². The van der Waals surface area contributed by atoms with Gasteiger partial charge >= 0.3 is 5.97 Å². The van der Waals surface area contributed by atoms with Gasteiger partial charge in [-0.05, 0) is 38.1 Å². The van der Waals surface area contributed by atoms with Crippen LogP contribution in [-0.4, -0.2) is 46.5 Å². The number of carbonyl (C=O) groups excluding carboxylic acids is 1. The van der Waals surface area contributed by atoms with Crippen LogP contribution in [0.5, 0.6) is 0 Å². The van der Waals surface area contributed by atoms with Gasteiger partial charge in [0.2, 0.25) is 0 Å². The van der Waals surface area contributed by atoms with Gasteiger partial charge < -0.3 is 14.0 Å². The van der Waals surface area contributed by atoms with Crippen LogP contribution in [-0.2, 0) is 11.2 Å². The van der Waals surface area contributed by atoms with Gasteiger partial charge in [0.1, 0.15) is 5.65 Å². The number of fused-ring (bicyclic) bond motifs is 1. The normalized spacial score (nSPS) is 19.5. The molecule has 0 aromatic carbocycles. The van der Waals surface area contributed by atoms with Crippen molar-refractivity contribution in [3.63, 3.8) is 0 Å². The molecule has 0 aliphatic carbocycles. The van der Waals surface area contributed by atoms with Crippen LogP contribution < -0.4 is 0 Å². The zero-order valence-corrected chi connectivity index (χ0v) is 13.3. The molecule has 2 aromatic heterocycles. The average molecular weight is 301 g/mol. The number of rotatable bonds is 4. The predicted molar refractivity (Wildman–Crippen MR) is 85.1 cm³/mol. The number of methoxy groups -OCH3 is 1. The molecule has 3 heterocycles. The summed E-state index contributed by atoms with van der Waals surface area (Å²) in [5.41, 5.74) is 2.51. The average Bonchev–Trinajstić information content (AvgIpc) is 2.95. The molecule has 5 nitrogen and oxygen atoms in total. The highest BCUT2D eigenvalue weighted by Crippen LogP contribution is 2.20. The first-order valence-corrected chi connectivity index (χ1v) is 8.01. The van der Waals surface area contributed by atoms with E-state index >= 15 is 0 Å². The van der Waals surface area contributed by atoms with Crippen LogP contribution in [0.3, 0.4) is 0 Å². The number of hydrogen-bond acceptors (Lipinski definition) is 4. The third kappa shape index (κ3) is 2.99. The number of nitrogens with zero attached hydrogens (tertiary/aromatic N) is 3. The van der Waals surface area contributed by atoms with Gasteiger partial charge in [-0.15, -0.1) is 0 Å². The molecule has 0 radical (unpaired) electrons. The Hall–Kier alpha value is -1.88. The molecule has 0 amide bonds. The maximum atomic E-state index is 11.6. The van der Waals surface area contributed by atoms with Crippen LogP contribution in [0.15, 0.2) is 24.5 Å². The predicted octanol–water partition coefficient (Wildman–Crippen LogP) is 2.54. The van der Waals surface area contributed by atoms with Gasteiger partial charge in [0.15, 0.2) is 0 Å². The Morgan fingerprint density at radius 2 is 2.23 bits per heavy atom. The number of esters is 1. The third-order valence-corrected chi connectivity index (χ3v) is 4.52. The van der Waals surface area contributed by atoms with Crippen molar-refractivity contribution in [2.45, 2.75) is 38.6 Å². The molecule has 1 atom stereocenters. The highest BCUT2D eigenvalue weighted by atomic mass is 16.5. The quantitative estimate of drug-likeness (QED) is 0.814. The number of piperidine rings is 1. The van der Waals surface area contributed by atoms with Gasteiger partial charge in [-0.3, -0.25) is 0 Å². The number of imidazole rings is 1. The number of hydrogen-bond donors (Lipinski definition) is 0. The smallest absolute Gasteiger partial charge is 0.339 e. The van der Waals surface area contributed by atoms with E-state index < -0.39 is 0 Å². The second-order valence-electron chi connectivity index (χ2n) is 5.89.